The average molecular weight is 148 g/mol. The van der Waals surface area contributed by atoms with Crippen LogP contribution in [0.25, 0.3) is 0 Å². The highest BCUT2D eigenvalue weighted by Gasteiger charge is 1.97. The molecule has 0 radical (unpaired) electrons. The first-order valence-electron chi connectivity index (χ1n) is 3.79. The van der Waals surface area contributed by atoms with Crippen molar-refractivity contribution >= 4 is 12.5 Å². The molecule has 0 saturated carbocycles. The van der Waals surface area contributed by atoms with Crippen LogP contribution in [0.2, 0.25) is 0 Å². The normalized spacial score (nSPS) is 9.55. The van der Waals surface area contributed by atoms with Gasteiger partial charge in [0.05, 0.1) is 0 Å². The molecule has 2 nitrogen and oxygen atoms in total. The molecule has 1 aromatic rings. The van der Waals surface area contributed by atoms with E-state index in [0.29, 0.717) is 0 Å². The van der Waals surface area contributed by atoms with Crippen LogP contribution in [0, 0.1) is 0 Å². The van der Waals surface area contributed by atoms with Crippen LogP contribution >= 0.6 is 0 Å². The second-order valence-electron chi connectivity index (χ2n) is 2.39. The van der Waals surface area contributed by atoms with Crippen LogP contribution in [0.1, 0.15) is 18.9 Å². The molecule has 0 aliphatic carbocycles. The van der Waals surface area contributed by atoms with Crippen LogP contribution in [0.15, 0.2) is 23.3 Å². The fraction of sp³-hybridized carbons (Fsp3) is 0.333. The van der Waals surface area contributed by atoms with E-state index in [2.05, 4.69) is 23.6 Å². The summed E-state index contributed by atoms with van der Waals surface area (Å²) in [4.78, 5) is 7.91. The molecule has 0 fully saturated rings. The summed E-state index contributed by atoms with van der Waals surface area (Å²) in [5.41, 5.74) is 1.19. The molecule has 0 spiro atoms. The molecule has 0 saturated heterocycles. The maximum Gasteiger partial charge on any atom is 0.154 e. The molecule has 1 heterocycles. The van der Waals surface area contributed by atoms with E-state index < -0.39 is 0 Å². The Bertz CT molecular complexity index is 243. The van der Waals surface area contributed by atoms with Gasteiger partial charge in [-0.3, -0.25) is 0 Å². The Balaban J connectivity index is 2.92. The van der Waals surface area contributed by atoms with Crippen molar-refractivity contribution in [3.05, 3.63) is 23.9 Å². The Labute approximate surface area is 67.0 Å². The summed E-state index contributed by atoms with van der Waals surface area (Å²) in [6, 6.07) is 3.97. The topological polar surface area (TPSA) is 25.2 Å². The maximum atomic E-state index is 4.09. The van der Waals surface area contributed by atoms with Gasteiger partial charge < -0.3 is 0 Å². The summed E-state index contributed by atoms with van der Waals surface area (Å²) in [6.07, 6.45) is 3.89. The van der Waals surface area contributed by atoms with Gasteiger partial charge in [0, 0.05) is 6.20 Å². The van der Waals surface area contributed by atoms with Gasteiger partial charge in [0.2, 0.25) is 0 Å². The Hall–Kier alpha value is -1.18. The Morgan fingerprint density at radius 2 is 2.45 bits per heavy atom. The predicted octanol–water partition coefficient (Wildman–Crippen LogP) is 2.37. The lowest BCUT2D eigenvalue weighted by Crippen LogP contribution is -1.85. The van der Waals surface area contributed by atoms with E-state index in [9.17, 15) is 0 Å². The largest absolute Gasteiger partial charge is 0.245 e. The van der Waals surface area contributed by atoms with E-state index >= 15 is 0 Å². The first kappa shape index (κ1) is 7.92. The van der Waals surface area contributed by atoms with Gasteiger partial charge in [-0.15, -0.1) is 0 Å². The van der Waals surface area contributed by atoms with Crippen LogP contribution in [0.5, 0.6) is 0 Å². The van der Waals surface area contributed by atoms with Gasteiger partial charge in [-0.25, -0.2) is 9.98 Å². The zero-order chi connectivity index (χ0) is 8.10. The van der Waals surface area contributed by atoms with Crippen molar-refractivity contribution in [1.82, 2.24) is 4.98 Å². The summed E-state index contributed by atoms with van der Waals surface area (Å²) in [5.74, 6) is 0.773. The third-order valence-corrected chi connectivity index (χ3v) is 1.54. The zero-order valence-electron chi connectivity index (χ0n) is 6.75. The summed E-state index contributed by atoms with van der Waals surface area (Å²) in [6.45, 7) is 5.60. The summed E-state index contributed by atoms with van der Waals surface area (Å²) >= 11 is 0. The van der Waals surface area contributed by atoms with E-state index in [-0.39, 0.29) is 0 Å². The van der Waals surface area contributed by atoms with Gasteiger partial charge >= 0.3 is 0 Å². The minimum absolute atomic E-state index is 0.773. The smallest absolute Gasteiger partial charge is 0.154 e. The van der Waals surface area contributed by atoms with Gasteiger partial charge in [-0.05, 0) is 24.8 Å². The van der Waals surface area contributed by atoms with Gasteiger partial charge in [0.25, 0.3) is 0 Å². The molecule has 11 heavy (non-hydrogen) atoms. The van der Waals surface area contributed by atoms with Crippen molar-refractivity contribution in [3.63, 3.8) is 0 Å². The van der Waals surface area contributed by atoms with Crippen LogP contribution in [0.3, 0.4) is 0 Å². The van der Waals surface area contributed by atoms with Crippen LogP contribution in [-0.4, -0.2) is 11.7 Å². The molecule has 1 rings (SSSR count). The number of aryl methyl sites for hydroxylation is 1. The van der Waals surface area contributed by atoms with Crippen LogP contribution in [-0.2, 0) is 6.42 Å². The van der Waals surface area contributed by atoms with Crippen molar-refractivity contribution in [1.29, 1.82) is 0 Å². The lowest BCUT2D eigenvalue weighted by Gasteiger charge is -2.00. The van der Waals surface area contributed by atoms with Crippen LogP contribution in [0.4, 0.5) is 5.82 Å². The highest BCUT2D eigenvalue weighted by Crippen LogP contribution is 2.15. The zero-order valence-corrected chi connectivity index (χ0v) is 6.75. The SMILES string of the molecule is C=Nc1ncccc1CCC. The van der Waals surface area contributed by atoms with Crippen LogP contribution < -0.4 is 0 Å². The lowest BCUT2D eigenvalue weighted by atomic mass is 10.1. The molecule has 0 bridgehead atoms. The molecule has 0 aromatic carbocycles. The van der Waals surface area contributed by atoms with E-state index in [4.69, 9.17) is 0 Å². The molecule has 58 valence electrons. The molecule has 0 aliphatic heterocycles. The summed E-state index contributed by atoms with van der Waals surface area (Å²) < 4.78 is 0. The Morgan fingerprint density at radius 3 is 3.09 bits per heavy atom. The third-order valence-electron chi connectivity index (χ3n) is 1.54. The first-order valence-corrected chi connectivity index (χ1v) is 3.79. The summed E-state index contributed by atoms with van der Waals surface area (Å²) in [7, 11) is 0. The number of hydrogen-bond acceptors (Lipinski definition) is 2. The predicted molar refractivity (Wildman–Crippen MR) is 47.4 cm³/mol. The monoisotopic (exact) mass is 148 g/mol. The first-order chi connectivity index (χ1) is 5.38. The molecule has 0 atom stereocenters. The second-order valence-corrected chi connectivity index (χ2v) is 2.39. The van der Waals surface area contributed by atoms with E-state index in [1.165, 1.54) is 5.56 Å². The second kappa shape index (κ2) is 3.86. The molecule has 0 amide bonds. The number of nitrogens with zero attached hydrogens (tertiary/aromatic N) is 2. The number of aromatic nitrogens is 1. The third kappa shape index (κ3) is 1.87. The Kier molecular flexibility index (Phi) is 2.78. The average Bonchev–Trinajstić information content (AvgIpc) is 2.06. The number of rotatable bonds is 3. The molecular formula is C9H12N2. The molecular weight excluding hydrogens is 136 g/mol. The van der Waals surface area contributed by atoms with E-state index in [0.717, 1.165) is 18.7 Å². The van der Waals surface area contributed by atoms with Gasteiger partial charge in [0.15, 0.2) is 5.82 Å². The fourth-order valence-electron chi connectivity index (χ4n) is 1.04. The molecule has 1 aromatic heterocycles. The van der Waals surface area contributed by atoms with E-state index in [1.54, 1.807) is 6.20 Å². The van der Waals surface area contributed by atoms with E-state index in [1.807, 2.05) is 12.1 Å². The highest BCUT2D eigenvalue weighted by atomic mass is 14.9. The Morgan fingerprint density at radius 1 is 1.64 bits per heavy atom. The van der Waals surface area contributed by atoms with Crippen molar-refractivity contribution in [2.24, 2.45) is 4.99 Å². The summed E-state index contributed by atoms with van der Waals surface area (Å²) in [5, 5.41) is 0. The van der Waals surface area contributed by atoms with Crippen molar-refractivity contribution in [2.75, 3.05) is 0 Å². The number of pyridine rings is 1. The molecule has 2 heteroatoms. The van der Waals surface area contributed by atoms with Crippen molar-refractivity contribution in [3.8, 4) is 0 Å². The maximum absolute atomic E-state index is 4.09. The minimum Gasteiger partial charge on any atom is -0.245 e. The molecule has 0 unspecified atom stereocenters. The standard InChI is InChI=1S/C9H12N2/c1-3-5-8-6-4-7-11-9(8)10-2/h4,6-7H,2-3,5H2,1H3. The van der Waals surface area contributed by atoms with Gasteiger partial charge in [-0.2, -0.15) is 0 Å². The lowest BCUT2D eigenvalue weighted by molar-refractivity contribution is 0.914. The van der Waals surface area contributed by atoms with Crippen molar-refractivity contribution < 1.29 is 0 Å². The van der Waals surface area contributed by atoms with Gasteiger partial charge in [-0.1, -0.05) is 19.4 Å². The fourth-order valence-corrected chi connectivity index (χ4v) is 1.04. The molecule has 0 aliphatic rings. The van der Waals surface area contributed by atoms with Crippen molar-refractivity contribution in [2.45, 2.75) is 19.8 Å². The van der Waals surface area contributed by atoms with Gasteiger partial charge in [0.1, 0.15) is 0 Å². The number of aliphatic imine (C=N–C) groups is 1. The highest BCUT2D eigenvalue weighted by molar-refractivity contribution is 5.45. The number of hydrogen-bond donors (Lipinski definition) is 0. The molecule has 0 N–H and O–H groups in total. The minimum atomic E-state index is 0.773. The quantitative estimate of drug-likeness (QED) is 0.604.